The van der Waals surface area contributed by atoms with E-state index in [0.717, 1.165) is 6.07 Å². The molecule has 0 unspecified atom stereocenters. The Hall–Kier alpha value is -2.15. The van der Waals surface area contributed by atoms with Crippen LogP contribution in [0.4, 0.5) is 5.69 Å². The summed E-state index contributed by atoms with van der Waals surface area (Å²) in [4.78, 5) is 34.5. The highest BCUT2D eigenvalue weighted by Gasteiger charge is 2.20. The Morgan fingerprint density at radius 2 is 2.05 bits per heavy atom. The molecule has 0 radical (unpaired) electrons. The third-order valence-electron chi connectivity index (χ3n) is 2.30. The number of carbonyl (C=O) groups is 2. The summed E-state index contributed by atoms with van der Waals surface area (Å²) in [6, 6.07) is 3.65. The molecule has 0 fully saturated rings. The Kier molecular flexibility index (Phi) is 4.82. The van der Waals surface area contributed by atoms with Crippen molar-refractivity contribution in [3.8, 4) is 0 Å². The molecule has 0 aromatic heterocycles. The lowest BCUT2D eigenvalue weighted by atomic mass is 10.1. The third kappa shape index (κ3) is 3.92. The summed E-state index contributed by atoms with van der Waals surface area (Å²) in [5, 5.41) is 13.3. The Morgan fingerprint density at radius 1 is 1.42 bits per heavy atom. The van der Waals surface area contributed by atoms with Crippen LogP contribution in [0.15, 0.2) is 18.2 Å². The van der Waals surface area contributed by atoms with Crippen molar-refractivity contribution in [3.05, 3.63) is 38.9 Å². The number of nitrogens with zero attached hydrogens (tertiary/aromatic N) is 2. The summed E-state index contributed by atoms with van der Waals surface area (Å²) in [5.74, 6) is -1.04. The van der Waals surface area contributed by atoms with Crippen LogP contribution in [0.3, 0.4) is 0 Å². The number of amides is 2. The van der Waals surface area contributed by atoms with E-state index in [9.17, 15) is 19.7 Å². The molecule has 0 aliphatic heterocycles. The Labute approximate surface area is 114 Å². The average Bonchev–Trinajstić information content (AvgIpc) is 2.34. The first kappa shape index (κ1) is 14.9. The number of nitro benzene ring substituents is 1. The Morgan fingerprint density at radius 3 is 2.58 bits per heavy atom. The van der Waals surface area contributed by atoms with E-state index in [2.05, 4.69) is 5.32 Å². The first-order valence-electron chi connectivity index (χ1n) is 5.25. The van der Waals surface area contributed by atoms with E-state index < -0.39 is 10.8 Å². The molecule has 1 rings (SSSR count). The van der Waals surface area contributed by atoms with Crippen molar-refractivity contribution >= 4 is 29.1 Å². The molecule has 0 heterocycles. The molecule has 1 aromatic carbocycles. The molecule has 19 heavy (non-hydrogen) atoms. The van der Waals surface area contributed by atoms with Crippen molar-refractivity contribution in [2.75, 3.05) is 20.6 Å². The lowest BCUT2D eigenvalue weighted by Gasteiger charge is -2.11. The minimum absolute atomic E-state index is 0.177. The maximum absolute atomic E-state index is 11.8. The lowest BCUT2D eigenvalue weighted by Crippen LogP contribution is -2.36. The normalized spacial score (nSPS) is 9.84. The summed E-state index contributed by atoms with van der Waals surface area (Å²) < 4.78 is 0. The van der Waals surface area contributed by atoms with Crippen molar-refractivity contribution in [1.82, 2.24) is 10.2 Å². The highest BCUT2D eigenvalue weighted by atomic mass is 35.5. The van der Waals surface area contributed by atoms with Gasteiger partial charge in [-0.15, -0.1) is 0 Å². The first-order valence-corrected chi connectivity index (χ1v) is 5.63. The predicted molar refractivity (Wildman–Crippen MR) is 69.1 cm³/mol. The molecule has 8 heteroatoms. The van der Waals surface area contributed by atoms with E-state index in [1.165, 1.54) is 31.1 Å². The first-order chi connectivity index (χ1) is 8.82. The van der Waals surface area contributed by atoms with Crippen molar-refractivity contribution in [3.63, 3.8) is 0 Å². The summed E-state index contributed by atoms with van der Waals surface area (Å²) in [6.07, 6.45) is 0. The second-order valence-corrected chi connectivity index (χ2v) is 4.33. The third-order valence-corrected chi connectivity index (χ3v) is 2.53. The van der Waals surface area contributed by atoms with Gasteiger partial charge in [-0.25, -0.2) is 0 Å². The maximum atomic E-state index is 11.8. The Balaban J connectivity index is 2.90. The van der Waals surface area contributed by atoms with E-state index in [4.69, 9.17) is 11.6 Å². The zero-order valence-electron chi connectivity index (χ0n) is 10.3. The van der Waals surface area contributed by atoms with Crippen LogP contribution in [-0.4, -0.2) is 42.3 Å². The molecule has 7 nitrogen and oxygen atoms in total. The number of rotatable bonds is 4. The molecule has 0 spiro atoms. The molecule has 1 N–H and O–H groups in total. The predicted octanol–water partition coefficient (Wildman–Crippen LogP) is 1.07. The molecule has 0 aliphatic rings. The van der Waals surface area contributed by atoms with E-state index in [1.807, 2.05) is 0 Å². The number of carbonyl (C=O) groups excluding carboxylic acids is 2. The van der Waals surface area contributed by atoms with Crippen LogP contribution in [0.25, 0.3) is 0 Å². The standard InChI is InChI=1S/C11H12ClN3O4/c1-14(2)10(16)6-13-11(17)8-5-7(12)3-4-9(8)15(18)19/h3-5H,6H2,1-2H3,(H,13,17). The summed E-state index contributed by atoms with van der Waals surface area (Å²) >= 11 is 5.70. The van der Waals surface area contributed by atoms with E-state index >= 15 is 0 Å². The fourth-order valence-corrected chi connectivity index (χ4v) is 1.43. The zero-order valence-corrected chi connectivity index (χ0v) is 11.1. The van der Waals surface area contributed by atoms with Crippen LogP contribution < -0.4 is 5.32 Å². The van der Waals surface area contributed by atoms with Crippen molar-refractivity contribution in [2.45, 2.75) is 0 Å². The second-order valence-electron chi connectivity index (χ2n) is 3.89. The fraction of sp³-hybridized carbons (Fsp3) is 0.273. The molecular formula is C11H12ClN3O4. The van der Waals surface area contributed by atoms with Crippen LogP contribution in [-0.2, 0) is 4.79 Å². The molecule has 0 atom stereocenters. The number of nitrogens with one attached hydrogen (secondary N) is 1. The minimum atomic E-state index is -0.718. The van der Waals surface area contributed by atoms with Crippen LogP contribution in [0, 0.1) is 10.1 Å². The summed E-state index contributed by atoms with van der Waals surface area (Å²) in [5.41, 5.74) is -0.539. The summed E-state index contributed by atoms with van der Waals surface area (Å²) in [6.45, 7) is -0.241. The van der Waals surface area contributed by atoms with E-state index in [0.29, 0.717) is 0 Å². The molecule has 0 saturated heterocycles. The van der Waals surface area contributed by atoms with Gasteiger partial charge in [0.1, 0.15) is 5.56 Å². The van der Waals surface area contributed by atoms with Crippen LogP contribution in [0.2, 0.25) is 5.02 Å². The van der Waals surface area contributed by atoms with Gasteiger partial charge in [-0.3, -0.25) is 19.7 Å². The number of benzene rings is 1. The van der Waals surface area contributed by atoms with Gasteiger partial charge in [0.25, 0.3) is 11.6 Å². The van der Waals surface area contributed by atoms with Gasteiger partial charge in [-0.05, 0) is 12.1 Å². The van der Waals surface area contributed by atoms with Gasteiger partial charge < -0.3 is 10.2 Å². The number of halogens is 1. The molecule has 1 aromatic rings. The second kappa shape index (κ2) is 6.14. The average molecular weight is 286 g/mol. The number of hydrogen-bond donors (Lipinski definition) is 1. The van der Waals surface area contributed by atoms with Crippen LogP contribution in [0.1, 0.15) is 10.4 Å². The van der Waals surface area contributed by atoms with Crippen molar-refractivity contribution in [1.29, 1.82) is 0 Å². The quantitative estimate of drug-likeness (QED) is 0.661. The lowest BCUT2D eigenvalue weighted by molar-refractivity contribution is -0.385. The molecule has 102 valence electrons. The maximum Gasteiger partial charge on any atom is 0.282 e. The van der Waals surface area contributed by atoms with E-state index in [-0.39, 0.29) is 28.7 Å². The summed E-state index contributed by atoms with van der Waals surface area (Å²) in [7, 11) is 3.08. The Bertz CT molecular complexity index is 531. The van der Waals surface area contributed by atoms with E-state index in [1.54, 1.807) is 0 Å². The molecule has 0 bridgehead atoms. The monoisotopic (exact) mass is 285 g/mol. The minimum Gasteiger partial charge on any atom is -0.347 e. The van der Waals surface area contributed by atoms with Gasteiger partial charge in [0.05, 0.1) is 11.5 Å². The van der Waals surface area contributed by atoms with Gasteiger partial charge in [0, 0.05) is 25.2 Å². The van der Waals surface area contributed by atoms with Gasteiger partial charge in [0.15, 0.2) is 0 Å². The van der Waals surface area contributed by atoms with Gasteiger partial charge in [0.2, 0.25) is 5.91 Å². The fourth-order valence-electron chi connectivity index (χ4n) is 1.26. The topological polar surface area (TPSA) is 92.6 Å². The largest absolute Gasteiger partial charge is 0.347 e. The molecule has 0 saturated carbocycles. The molecule has 2 amide bonds. The number of nitro groups is 1. The van der Waals surface area contributed by atoms with Crippen LogP contribution >= 0.6 is 11.6 Å². The van der Waals surface area contributed by atoms with Crippen molar-refractivity contribution < 1.29 is 14.5 Å². The smallest absolute Gasteiger partial charge is 0.282 e. The highest BCUT2D eigenvalue weighted by Crippen LogP contribution is 2.22. The van der Waals surface area contributed by atoms with Crippen LogP contribution in [0.5, 0.6) is 0 Å². The zero-order chi connectivity index (χ0) is 14.6. The number of likely N-dealkylation sites (N-methyl/N-ethyl adjacent to an activating group) is 1. The molecular weight excluding hydrogens is 274 g/mol. The van der Waals surface area contributed by atoms with Gasteiger partial charge in [-0.1, -0.05) is 11.6 Å². The van der Waals surface area contributed by atoms with Gasteiger partial charge >= 0.3 is 0 Å². The SMILES string of the molecule is CN(C)C(=O)CNC(=O)c1cc(Cl)ccc1[N+](=O)[O-]. The van der Waals surface area contributed by atoms with Gasteiger partial charge in [-0.2, -0.15) is 0 Å². The molecule has 0 aliphatic carbocycles. The number of hydrogen-bond acceptors (Lipinski definition) is 4. The van der Waals surface area contributed by atoms with Crippen molar-refractivity contribution in [2.24, 2.45) is 0 Å². The highest BCUT2D eigenvalue weighted by molar-refractivity contribution is 6.31.